The van der Waals surface area contributed by atoms with Gasteiger partial charge in [0.2, 0.25) is 0 Å². The van der Waals surface area contributed by atoms with Gasteiger partial charge in [0.15, 0.2) is 17.5 Å². The van der Waals surface area contributed by atoms with Crippen molar-refractivity contribution in [3.8, 4) is 5.75 Å². The van der Waals surface area contributed by atoms with Crippen LogP contribution in [0.25, 0.3) is 0 Å². The number of nitro groups is 1. The fraction of sp³-hybridized carbons (Fsp3) is 0.500. The molecular formula is C16H22N4O4S. The van der Waals surface area contributed by atoms with Gasteiger partial charge in [-0.3, -0.25) is 25.8 Å². The van der Waals surface area contributed by atoms with Crippen LogP contribution in [0.5, 0.6) is 5.75 Å². The van der Waals surface area contributed by atoms with Crippen molar-refractivity contribution in [1.29, 1.82) is 0 Å². The summed E-state index contributed by atoms with van der Waals surface area (Å²) in [4.78, 5) is 22.1. The molecule has 0 aromatic heterocycles. The van der Waals surface area contributed by atoms with Crippen molar-refractivity contribution in [2.45, 2.75) is 38.6 Å². The van der Waals surface area contributed by atoms with Gasteiger partial charge in [0.25, 0.3) is 5.91 Å². The van der Waals surface area contributed by atoms with Crippen LogP contribution in [0.2, 0.25) is 0 Å². The molecule has 8 nitrogen and oxygen atoms in total. The molecule has 1 aromatic rings. The zero-order chi connectivity index (χ0) is 18.2. The molecule has 0 heterocycles. The van der Waals surface area contributed by atoms with Gasteiger partial charge in [0.05, 0.1) is 4.92 Å². The Kier molecular flexibility index (Phi) is 6.93. The number of hydrogen-bond acceptors (Lipinski definition) is 5. The molecule has 0 radical (unpaired) electrons. The Morgan fingerprint density at radius 1 is 1.32 bits per heavy atom. The Morgan fingerprint density at radius 3 is 2.76 bits per heavy atom. The number of rotatable bonds is 5. The molecule has 1 amide bonds. The Hall–Kier alpha value is -2.42. The second-order valence-electron chi connectivity index (χ2n) is 6.03. The molecule has 1 aromatic carbocycles. The number of amides is 1. The number of ether oxygens (including phenoxy) is 1. The molecule has 0 aliphatic heterocycles. The fourth-order valence-electron chi connectivity index (χ4n) is 2.77. The molecule has 0 bridgehead atoms. The highest BCUT2D eigenvalue weighted by Crippen LogP contribution is 2.25. The maximum atomic E-state index is 11.8. The third-order valence-corrected chi connectivity index (χ3v) is 4.38. The van der Waals surface area contributed by atoms with E-state index in [4.69, 9.17) is 17.0 Å². The van der Waals surface area contributed by atoms with E-state index in [2.05, 4.69) is 23.1 Å². The average molecular weight is 366 g/mol. The van der Waals surface area contributed by atoms with Crippen molar-refractivity contribution in [3.63, 3.8) is 0 Å². The highest BCUT2D eigenvalue weighted by Gasteiger charge is 2.21. The van der Waals surface area contributed by atoms with Crippen LogP contribution in [0.4, 0.5) is 5.69 Å². The quantitative estimate of drug-likeness (QED) is 0.416. The smallest absolute Gasteiger partial charge is 0.310 e. The second kappa shape index (κ2) is 9.16. The fourth-order valence-corrected chi connectivity index (χ4v) is 2.97. The van der Waals surface area contributed by atoms with Crippen molar-refractivity contribution in [3.05, 3.63) is 34.4 Å². The lowest BCUT2D eigenvalue weighted by atomic mass is 9.86. The molecule has 1 aliphatic carbocycles. The Bertz CT molecular complexity index is 640. The van der Waals surface area contributed by atoms with Gasteiger partial charge < -0.3 is 10.1 Å². The van der Waals surface area contributed by atoms with E-state index in [0.29, 0.717) is 17.1 Å². The van der Waals surface area contributed by atoms with Gasteiger partial charge in [-0.2, -0.15) is 0 Å². The molecule has 2 atom stereocenters. The summed E-state index contributed by atoms with van der Waals surface area (Å²) in [6.45, 7) is 1.82. The molecule has 2 rings (SSSR count). The maximum absolute atomic E-state index is 11.8. The van der Waals surface area contributed by atoms with E-state index in [0.717, 1.165) is 12.8 Å². The molecule has 3 N–H and O–H groups in total. The minimum absolute atomic E-state index is 0.0411. The van der Waals surface area contributed by atoms with Crippen LogP contribution in [0.15, 0.2) is 24.3 Å². The van der Waals surface area contributed by atoms with Gasteiger partial charge in [-0.15, -0.1) is 0 Å². The Balaban J connectivity index is 1.73. The number of hydrazine groups is 1. The van der Waals surface area contributed by atoms with Gasteiger partial charge >= 0.3 is 5.69 Å². The van der Waals surface area contributed by atoms with Crippen LogP contribution in [-0.4, -0.2) is 28.6 Å². The third-order valence-electron chi connectivity index (χ3n) is 4.16. The normalized spacial score (nSPS) is 19.6. The predicted octanol–water partition coefficient (Wildman–Crippen LogP) is 2.05. The van der Waals surface area contributed by atoms with E-state index in [-0.39, 0.29) is 18.0 Å². The predicted molar refractivity (Wildman–Crippen MR) is 97.0 cm³/mol. The van der Waals surface area contributed by atoms with Crippen LogP contribution < -0.4 is 20.9 Å². The molecule has 136 valence electrons. The number of nitrogens with zero attached hydrogens (tertiary/aromatic N) is 1. The topological polar surface area (TPSA) is 106 Å². The van der Waals surface area contributed by atoms with Crippen LogP contribution in [-0.2, 0) is 4.79 Å². The summed E-state index contributed by atoms with van der Waals surface area (Å²) in [5.41, 5.74) is 4.86. The van der Waals surface area contributed by atoms with Gasteiger partial charge in [0, 0.05) is 12.1 Å². The number of nitro benzene ring substituents is 1. The molecule has 1 saturated carbocycles. The number of nitrogens with one attached hydrogen (secondary N) is 3. The number of thiocarbonyl (C=S) groups is 1. The zero-order valence-electron chi connectivity index (χ0n) is 14.0. The van der Waals surface area contributed by atoms with E-state index in [1.165, 1.54) is 31.0 Å². The summed E-state index contributed by atoms with van der Waals surface area (Å²) in [5, 5.41) is 14.4. The first-order chi connectivity index (χ1) is 12.0. The number of benzene rings is 1. The third kappa shape index (κ3) is 5.86. The molecule has 25 heavy (non-hydrogen) atoms. The van der Waals surface area contributed by atoms with Gasteiger partial charge in [0.1, 0.15) is 0 Å². The molecule has 9 heteroatoms. The number of hydrogen-bond donors (Lipinski definition) is 3. The maximum Gasteiger partial charge on any atom is 0.310 e. The molecule has 0 unspecified atom stereocenters. The van der Waals surface area contributed by atoms with Crippen molar-refractivity contribution < 1.29 is 14.5 Å². The lowest BCUT2D eigenvalue weighted by Crippen LogP contribution is -2.52. The number of carbonyl (C=O) groups excluding carboxylic acids is 1. The molecule has 1 aliphatic rings. The molecule has 1 fully saturated rings. The highest BCUT2D eigenvalue weighted by atomic mass is 32.1. The average Bonchev–Trinajstić information content (AvgIpc) is 2.60. The summed E-state index contributed by atoms with van der Waals surface area (Å²) in [6, 6.07) is 6.19. The van der Waals surface area contributed by atoms with Crippen molar-refractivity contribution in [2.24, 2.45) is 5.92 Å². The van der Waals surface area contributed by atoms with Crippen LogP contribution in [0, 0.1) is 16.0 Å². The van der Waals surface area contributed by atoms with E-state index in [1.54, 1.807) is 6.07 Å². The highest BCUT2D eigenvalue weighted by molar-refractivity contribution is 7.80. The largest absolute Gasteiger partial charge is 0.477 e. The lowest BCUT2D eigenvalue weighted by molar-refractivity contribution is -0.385. The van der Waals surface area contributed by atoms with Gasteiger partial charge in [-0.1, -0.05) is 31.9 Å². The van der Waals surface area contributed by atoms with E-state index >= 15 is 0 Å². The van der Waals surface area contributed by atoms with Gasteiger partial charge in [-0.25, -0.2) is 0 Å². The minimum Gasteiger partial charge on any atom is -0.477 e. The van der Waals surface area contributed by atoms with E-state index < -0.39 is 10.8 Å². The monoisotopic (exact) mass is 366 g/mol. The van der Waals surface area contributed by atoms with Crippen molar-refractivity contribution >= 4 is 28.9 Å². The molecule has 0 spiro atoms. The summed E-state index contributed by atoms with van der Waals surface area (Å²) in [7, 11) is 0. The number of carbonyl (C=O) groups is 1. The SMILES string of the molecule is C[C@@H]1CCCC[C@H]1NC(=S)NNC(=O)COc1ccccc1[N+](=O)[O-]. The Morgan fingerprint density at radius 2 is 2.04 bits per heavy atom. The molecular weight excluding hydrogens is 344 g/mol. The second-order valence-corrected chi connectivity index (χ2v) is 6.44. The summed E-state index contributed by atoms with van der Waals surface area (Å²) < 4.78 is 5.20. The summed E-state index contributed by atoms with van der Waals surface area (Å²) >= 11 is 5.17. The first kappa shape index (κ1) is 18.9. The van der Waals surface area contributed by atoms with Gasteiger partial charge in [-0.05, 0) is 37.0 Å². The van der Waals surface area contributed by atoms with Crippen molar-refractivity contribution in [2.75, 3.05) is 6.61 Å². The minimum atomic E-state index is -0.560. The van der Waals surface area contributed by atoms with Crippen LogP contribution >= 0.6 is 12.2 Å². The summed E-state index contributed by atoms with van der Waals surface area (Å²) in [6.07, 6.45) is 4.62. The van der Waals surface area contributed by atoms with E-state index in [1.807, 2.05) is 0 Å². The first-order valence-corrected chi connectivity index (χ1v) is 8.59. The summed E-state index contributed by atoms with van der Waals surface area (Å²) in [5.74, 6) is 0.0875. The molecule has 0 saturated heterocycles. The van der Waals surface area contributed by atoms with Crippen LogP contribution in [0.3, 0.4) is 0 Å². The van der Waals surface area contributed by atoms with E-state index in [9.17, 15) is 14.9 Å². The van der Waals surface area contributed by atoms with Crippen LogP contribution in [0.1, 0.15) is 32.6 Å². The lowest BCUT2D eigenvalue weighted by Gasteiger charge is -2.30. The zero-order valence-corrected chi connectivity index (χ0v) is 14.8. The first-order valence-electron chi connectivity index (χ1n) is 8.19. The van der Waals surface area contributed by atoms with Crippen molar-refractivity contribution in [1.82, 2.24) is 16.2 Å². The number of para-hydroxylation sites is 2. The Labute approximate surface area is 151 Å². The standard InChI is InChI=1S/C16H22N4O4S/c1-11-6-2-3-7-12(11)17-16(25)19-18-15(21)10-24-14-9-5-4-8-13(14)20(22)23/h4-5,8-9,11-12H,2-3,6-7,10H2,1H3,(H,18,21)(H2,17,19,25)/t11-,12-/m1/s1.